The van der Waals surface area contributed by atoms with Crippen LogP contribution in [0, 0.1) is 0 Å². The Morgan fingerprint density at radius 2 is 1.89 bits per heavy atom. The lowest BCUT2D eigenvalue weighted by Crippen LogP contribution is -2.49. The topological polar surface area (TPSA) is 40.6 Å². The molecule has 1 heterocycles. The zero-order valence-electron chi connectivity index (χ0n) is 11.5. The van der Waals surface area contributed by atoms with Crippen molar-refractivity contribution in [3.63, 3.8) is 0 Å². The molecule has 0 aromatic heterocycles. The van der Waals surface area contributed by atoms with Crippen molar-refractivity contribution in [1.82, 2.24) is 9.80 Å². The van der Waals surface area contributed by atoms with Crippen LogP contribution >= 0.6 is 0 Å². The third-order valence-electron chi connectivity index (χ3n) is 3.49. The Bertz CT molecular complexity index is 458. The van der Waals surface area contributed by atoms with E-state index in [0.717, 1.165) is 18.7 Å². The number of amides is 1. The van der Waals surface area contributed by atoms with E-state index in [2.05, 4.69) is 11.9 Å². The van der Waals surface area contributed by atoms with Crippen LogP contribution in [0.25, 0.3) is 0 Å². The highest BCUT2D eigenvalue weighted by Crippen LogP contribution is 2.25. The third kappa shape index (κ3) is 3.41. The maximum absolute atomic E-state index is 12.2. The summed E-state index contributed by atoms with van der Waals surface area (Å²) in [5.41, 5.74) is 1.13. The van der Waals surface area contributed by atoms with Gasteiger partial charge in [0.15, 0.2) is 0 Å². The van der Waals surface area contributed by atoms with Gasteiger partial charge in [-0.2, -0.15) is 0 Å². The highest BCUT2D eigenvalue weighted by Gasteiger charge is 2.30. The molecule has 0 saturated carbocycles. The smallest absolute Gasteiger partial charge is 0.230 e. The lowest BCUT2D eigenvalue weighted by atomic mass is 10.0. The van der Waals surface area contributed by atoms with E-state index >= 15 is 0 Å². The number of benzene rings is 1. The summed E-state index contributed by atoms with van der Waals surface area (Å²) in [4.78, 5) is 27.4. The van der Waals surface area contributed by atoms with Crippen molar-refractivity contribution in [2.24, 2.45) is 0 Å². The first-order valence-corrected chi connectivity index (χ1v) is 6.60. The molecule has 0 radical (unpaired) electrons. The molecule has 1 aromatic carbocycles. The van der Waals surface area contributed by atoms with Crippen LogP contribution in [0.4, 0.5) is 0 Å². The van der Waals surface area contributed by atoms with Crippen molar-refractivity contribution >= 4 is 11.7 Å². The van der Waals surface area contributed by atoms with Gasteiger partial charge in [-0.3, -0.25) is 9.59 Å². The molecule has 0 spiro atoms. The minimum absolute atomic E-state index is 0.00699. The van der Waals surface area contributed by atoms with E-state index < -0.39 is 0 Å². The second-order valence-electron chi connectivity index (χ2n) is 5.15. The predicted octanol–water partition coefficient (Wildman–Crippen LogP) is 1.48. The number of rotatable bonds is 3. The molecule has 1 aromatic rings. The van der Waals surface area contributed by atoms with Crippen LogP contribution < -0.4 is 0 Å². The molecule has 1 aliphatic heterocycles. The first kappa shape index (κ1) is 13.7. The van der Waals surface area contributed by atoms with Crippen LogP contribution in [0.5, 0.6) is 0 Å². The summed E-state index contributed by atoms with van der Waals surface area (Å²) in [6.45, 7) is 3.81. The summed E-state index contributed by atoms with van der Waals surface area (Å²) in [5.74, 6) is -0.134. The summed E-state index contributed by atoms with van der Waals surface area (Å²) >= 11 is 0. The van der Waals surface area contributed by atoms with E-state index in [4.69, 9.17) is 0 Å². The Balaban J connectivity index is 2.20. The maximum Gasteiger partial charge on any atom is 0.230 e. The fraction of sp³-hybridized carbons (Fsp3) is 0.467. The summed E-state index contributed by atoms with van der Waals surface area (Å²) in [7, 11) is 2.06. The number of Topliss-reactive ketones (excluding diaryl/α,β-unsaturated/α-hetero) is 1. The van der Waals surface area contributed by atoms with Crippen molar-refractivity contribution in [3.05, 3.63) is 35.9 Å². The molecule has 0 N–H and O–H groups in total. The molecule has 1 unspecified atom stereocenters. The number of nitrogens with zero attached hydrogens (tertiary/aromatic N) is 2. The molecule has 2 rings (SSSR count). The molecule has 4 heteroatoms. The van der Waals surface area contributed by atoms with Crippen LogP contribution in [0.15, 0.2) is 30.3 Å². The van der Waals surface area contributed by atoms with Crippen LogP contribution in [0.2, 0.25) is 0 Å². The summed E-state index contributed by atoms with van der Waals surface area (Å²) in [6, 6.07) is 10.1. The first-order chi connectivity index (χ1) is 9.08. The standard InChI is InChI=1S/C15H20N2O2/c1-12(18)10-15(19)17-9-8-16(2)11-14(17)13-6-4-3-5-7-13/h3-7,14H,8-11H2,1-2H3. The molecule has 1 aliphatic rings. The highest BCUT2D eigenvalue weighted by molar-refractivity contribution is 5.97. The Kier molecular flexibility index (Phi) is 4.32. The van der Waals surface area contributed by atoms with E-state index in [1.54, 1.807) is 0 Å². The Labute approximate surface area is 114 Å². The SMILES string of the molecule is CC(=O)CC(=O)N1CCN(C)CC1c1ccccc1. The van der Waals surface area contributed by atoms with Gasteiger partial charge >= 0.3 is 0 Å². The van der Waals surface area contributed by atoms with Gasteiger partial charge in [-0.15, -0.1) is 0 Å². The van der Waals surface area contributed by atoms with Gasteiger partial charge in [-0.05, 0) is 19.5 Å². The molecule has 1 fully saturated rings. The number of carbonyl (C=O) groups excluding carboxylic acids is 2. The maximum atomic E-state index is 12.2. The second kappa shape index (κ2) is 5.97. The average molecular weight is 260 g/mol. The van der Waals surface area contributed by atoms with Crippen molar-refractivity contribution in [3.8, 4) is 0 Å². The fourth-order valence-corrected chi connectivity index (χ4v) is 2.49. The predicted molar refractivity (Wildman–Crippen MR) is 73.7 cm³/mol. The van der Waals surface area contributed by atoms with Crippen molar-refractivity contribution in [1.29, 1.82) is 0 Å². The van der Waals surface area contributed by atoms with E-state index in [9.17, 15) is 9.59 Å². The monoisotopic (exact) mass is 260 g/mol. The van der Waals surface area contributed by atoms with Gasteiger partial charge < -0.3 is 9.80 Å². The lowest BCUT2D eigenvalue weighted by Gasteiger charge is -2.40. The Morgan fingerprint density at radius 3 is 2.53 bits per heavy atom. The van der Waals surface area contributed by atoms with Gasteiger partial charge in [0.25, 0.3) is 0 Å². The Morgan fingerprint density at radius 1 is 1.21 bits per heavy atom. The van der Waals surface area contributed by atoms with Crippen LogP contribution in [0.3, 0.4) is 0 Å². The Hall–Kier alpha value is -1.68. The molecular weight excluding hydrogens is 240 g/mol. The molecule has 19 heavy (non-hydrogen) atoms. The molecule has 0 aliphatic carbocycles. The third-order valence-corrected chi connectivity index (χ3v) is 3.49. The minimum Gasteiger partial charge on any atom is -0.333 e. The van der Waals surface area contributed by atoms with Crippen LogP contribution in [-0.4, -0.2) is 48.2 Å². The van der Waals surface area contributed by atoms with Gasteiger partial charge in [0.2, 0.25) is 5.91 Å². The van der Waals surface area contributed by atoms with E-state index in [1.165, 1.54) is 6.92 Å². The number of hydrogen-bond acceptors (Lipinski definition) is 3. The molecule has 1 amide bonds. The fourth-order valence-electron chi connectivity index (χ4n) is 2.49. The average Bonchev–Trinajstić information content (AvgIpc) is 2.38. The molecule has 0 bridgehead atoms. The zero-order valence-corrected chi connectivity index (χ0v) is 11.5. The van der Waals surface area contributed by atoms with Crippen LogP contribution in [-0.2, 0) is 9.59 Å². The molecule has 1 saturated heterocycles. The van der Waals surface area contributed by atoms with Crippen LogP contribution in [0.1, 0.15) is 24.9 Å². The number of likely N-dealkylation sites (N-methyl/N-ethyl adjacent to an activating group) is 1. The lowest BCUT2D eigenvalue weighted by molar-refractivity contribution is -0.139. The van der Waals surface area contributed by atoms with Crippen molar-refractivity contribution in [2.45, 2.75) is 19.4 Å². The second-order valence-corrected chi connectivity index (χ2v) is 5.15. The number of ketones is 1. The van der Waals surface area contributed by atoms with E-state index in [-0.39, 0.29) is 24.2 Å². The molecule has 1 atom stereocenters. The van der Waals surface area contributed by atoms with E-state index in [1.807, 2.05) is 35.2 Å². The molecule has 4 nitrogen and oxygen atoms in total. The minimum atomic E-state index is -0.0734. The summed E-state index contributed by atoms with van der Waals surface area (Å²) in [5, 5.41) is 0. The molecular formula is C15H20N2O2. The van der Waals surface area contributed by atoms with E-state index in [0.29, 0.717) is 6.54 Å². The number of piperazine rings is 1. The van der Waals surface area contributed by atoms with Crippen molar-refractivity contribution in [2.75, 3.05) is 26.7 Å². The summed E-state index contributed by atoms with van der Waals surface area (Å²) in [6.07, 6.45) is 0.00699. The highest BCUT2D eigenvalue weighted by atomic mass is 16.2. The van der Waals surface area contributed by atoms with Gasteiger partial charge in [0.1, 0.15) is 5.78 Å². The van der Waals surface area contributed by atoms with Gasteiger partial charge in [-0.25, -0.2) is 0 Å². The van der Waals surface area contributed by atoms with Gasteiger partial charge in [0.05, 0.1) is 12.5 Å². The number of hydrogen-bond donors (Lipinski definition) is 0. The van der Waals surface area contributed by atoms with Gasteiger partial charge in [-0.1, -0.05) is 30.3 Å². The van der Waals surface area contributed by atoms with Gasteiger partial charge in [0, 0.05) is 19.6 Å². The van der Waals surface area contributed by atoms with Crippen molar-refractivity contribution < 1.29 is 9.59 Å². The largest absolute Gasteiger partial charge is 0.333 e. The summed E-state index contributed by atoms with van der Waals surface area (Å²) < 4.78 is 0. The number of carbonyl (C=O) groups is 2. The molecule has 102 valence electrons. The zero-order chi connectivity index (χ0) is 13.8. The quantitative estimate of drug-likeness (QED) is 0.773. The normalized spacial score (nSPS) is 20.3. The first-order valence-electron chi connectivity index (χ1n) is 6.60.